The van der Waals surface area contributed by atoms with Crippen LogP contribution in [0.5, 0.6) is 0 Å². The number of furan rings is 1. The van der Waals surface area contributed by atoms with E-state index in [1.807, 2.05) is 37.3 Å². The highest BCUT2D eigenvalue weighted by atomic mass is 35.5. The van der Waals surface area contributed by atoms with Crippen molar-refractivity contribution in [2.24, 2.45) is 0 Å². The van der Waals surface area contributed by atoms with E-state index in [9.17, 15) is 18.0 Å². The van der Waals surface area contributed by atoms with Crippen molar-refractivity contribution in [3.63, 3.8) is 0 Å². The molecule has 0 spiro atoms. The number of ether oxygens (including phenoxy) is 1. The summed E-state index contributed by atoms with van der Waals surface area (Å²) in [5, 5.41) is 0.944. The Kier molecular flexibility index (Phi) is 9.65. The zero-order valence-corrected chi connectivity index (χ0v) is 27.1. The predicted octanol–water partition coefficient (Wildman–Crippen LogP) is 7.41. The summed E-state index contributed by atoms with van der Waals surface area (Å²) in [5.41, 5.74) is 2.34. The second-order valence-electron chi connectivity index (χ2n) is 10.4. The van der Waals surface area contributed by atoms with Crippen LogP contribution in [0.3, 0.4) is 0 Å². The van der Waals surface area contributed by atoms with E-state index < -0.39 is 16.0 Å². The number of esters is 1. The van der Waals surface area contributed by atoms with E-state index >= 15 is 0 Å². The highest BCUT2D eigenvalue weighted by molar-refractivity contribution is 7.89. The lowest BCUT2D eigenvalue weighted by Gasteiger charge is -2.26. The summed E-state index contributed by atoms with van der Waals surface area (Å²) in [6.07, 6.45) is 1.48. The first kappa shape index (κ1) is 32.2. The van der Waals surface area contributed by atoms with Crippen LogP contribution in [0.4, 0.5) is 0 Å². The van der Waals surface area contributed by atoms with Gasteiger partial charge in [0.25, 0.3) is 5.91 Å². The lowest BCUT2D eigenvalue weighted by atomic mass is 10.1. The summed E-state index contributed by atoms with van der Waals surface area (Å²) in [6, 6.07) is 25.2. The number of amides is 1. The second-order valence-corrected chi connectivity index (χ2v) is 13.2. The first-order chi connectivity index (χ1) is 21.5. The third kappa shape index (κ3) is 6.92. The van der Waals surface area contributed by atoms with Crippen molar-refractivity contribution in [1.29, 1.82) is 0 Å². The van der Waals surface area contributed by atoms with Crippen molar-refractivity contribution in [2.45, 2.75) is 37.9 Å². The van der Waals surface area contributed by atoms with E-state index in [0.717, 1.165) is 11.1 Å². The van der Waals surface area contributed by atoms with Crippen LogP contribution in [-0.2, 0) is 37.4 Å². The van der Waals surface area contributed by atoms with Crippen LogP contribution >= 0.6 is 23.2 Å². The average Bonchev–Trinajstić information content (AvgIpc) is 3.58. The van der Waals surface area contributed by atoms with Gasteiger partial charge in [0.05, 0.1) is 35.7 Å². The van der Waals surface area contributed by atoms with Gasteiger partial charge in [0.2, 0.25) is 10.0 Å². The maximum absolute atomic E-state index is 13.8. The number of sulfonamides is 1. The van der Waals surface area contributed by atoms with Crippen molar-refractivity contribution in [3.05, 3.63) is 141 Å². The van der Waals surface area contributed by atoms with Gasteiger partial charge in [-0.05, 0) is 79.6 Å². The molecule has 0 saturated carbocycles. The number of carbonyl (C=O) groups excluding carboxylic acids is 2. The lowest BCUT2D eigenvalue weighted by Crippen LogP contribution is -2.30. The molecule has 1 amide bonds. The third-order valence-electron chi connectivity index (χ3n) is 7.53. The second kappa shape index (κ2) is 13.5. The van der Waals surface area contributed by atoms with E-state index in [1.54, 1.807) is 48.2 Å². The topological polar surface area (TPSA) is 97.1 Å². The predicted molar refractivity (Wildman–Crippen MR) is 172 cm³/mol. The van der Waals surface area contributed by atoms with Crippen molar-refractivity contribution in [1.82, 2.24) is 9.21 Å². The molecule has 0 aliphatic carbocycles. The van der Waals surface area contributed by atoms with E-state index in [4.69, 9.17) is 32.4 Å². The molecule has 3 aromatic carbocycles. The molecular formula is C34H30Cl2N2O6S. The van der Waals surface area contributed by atoms with Crippen LogP contribution in [-0.4, -0.2) is 36.6 Å². The van der Waals surface area contributed by atoms with Gasteiger partial charge in [0.1, 0.15) is 11.5 Å². The van der Waals surface area contributed by atoms with Crippen LogP contribution in [0.25, 0.3) is 6.08 Å². The Bertz CT molecular complexity index is 1880. The van der Waals surface area contributed by atoms with E-state index in [1.165, 1.54) is 41.8 Å². The number of nitrogens with zero attached hydrogens (tertiary/aromatic N) is 2. The van der Waals surface area contributed by atoms with E-state index in [-0.39, 0.29) is 46.8 Å². The van der Waals surface area contributed by atoms with Gasteiger partial charge in [0.15, 0.2) is 0 Å². The van der Waals surface area contributed by atoms with Gasteiger partial charge in [-0.2, -0.15) is 4.31 Å². The van der Waals surface area contributed by atoms with Gasteiger partial charge in [-0.3, -0.25) is 4.79 Å². The standard InChI is InChI=1S/C34H30Cl2N2O6S/c1-22(25-7-5-4-6-8-25)38-23(2)32(34(40)43-3)31(33(38)39)19-28-15-16-29(44-28)21-37(20-24-9-11-26(35)12-10-24)45(41,42)30-17-13-27(36)14-18-30/h4-19,22H,20-21H2,1-3H3/b31-19+/t22-/m1/s1. The highest BCUT2D eigenvalue weighted by Crippen LogP contribution is 2.38. The average molecular weight is 666 g/mol. The number of carbonyl (C=O) groups is 2. The summed E-state index contributed by atoms with van der Waals surface area (Å²) in [5.74, 6) is -0.428. The molecule has 8 nitrogen and oxygen atoms in total. The molecule has 0 N–H and O–H groups in total. The molecule has 1 atom stereocenters. The fourth-order valence-corrected chi connectivity index (χ4v) is 6.84. The first-order valence-electron chi connectivity index (χ1n) is 14.0. The van der Waals surface area contributed by atoms with Crippen LogP contribution in [0.15, 0.2) is 117 Å². The minimum absolute atomic E-state index is 0.0402. The van der Waals surface area contributed by atoms with Crippen LogP contribution in [0, 0.1) is 0 Å². The number of hydrogen-bond acceptors (Lipinski definition) is 6. The fraction of sp³-hybridized carbons (Fsp3) is 0.176. The van der Waals surface area contributed by atoms with Crippen molar-refractivity contribution >= 4 is 51.2 Å². The number of hydrogen-bond donors (Lipinski definition) is 0. The Morgan fingerprint density at radius 1 is 0.933 bits per heavy atom. The minimum atomic E-state index is -3.98. The molecule has 4 aromatic rings. The molecule has 0 bridgehead atoms. The zero-order valence-electron chi connectivity index (χ0n) is 24.7. The Balaban J connectivity index is 1.47. The number of methoxy groups -OCH3 is 1. The summed E-state index contributed by atoms with van der Waals surface area (Å²) in [7, 11) is -2.72. The lowest BCUT2D eigenvalue weighted by molar-refractivity contribution is -0.136. The molecular weight excluding hydrogens is 635 g/mol. The Morgan fingerprint density at radius 3 is 2.18 bits per heavy atom. The maximum atomic E-state index is 13.8. The van der Waals surface area contributed by atoms with Gasteiger partial charge >= 0.3 is 5.97 Å². The highest BCUT2D eigenvalue weighted by Gasteiger charge is 2.40. The first-order valence-corrected chi connectivity index (χ1v) is 16.2. The molecule has 11 heteroatoms. The van der Waals surface area contributed by atoms with Crippen molar-refractivity contribution < 1.29 is 27.2 Å². The quantitative estimate of drug-likeness (QED) is 0.129. The summed E-state index contributed by atoms with van der Waals surface area (Å²) >= 11 is 12.0. The van der Waals surface area contributed by atoms with Crippen LogP contribution < -0.4 is 0 Å². The molecule has 0 unspecified atom stereocenters. The molecule has 0 fully saturated rings. The number of rotatable bonds is 10. The van der Waals surface area contributed by atoms with Crippen molar-refractivity contribution in [2.75, 3.05) is 7.11 Å². The number of allylic oxidation sites excluding steroid dienone is 1. The van der Waals surface area contributed by atoms with E-state index in [0.29, 0.717) is 21.5 Å². The Hall–Kier alpha value is -4.15. The SMILES string of the molecule is COC(=O)C1=C(C)N([C@H](C)c2ccccc2)C(=O)/C1=C/c1ccc(CN(Cc2ccc(Cl)cc2)S(=O)(=O)c2ccc(Cl)cc2)o1. The Labute approximate surface area is 272 Å². The van der Waals surface area contributed by atoms with Crippen LogP contribution in [0.2, 0.25) is 10.0 Å². The number of benzene rings is 3. The smallest absolute Gasteiger partial charge is 0.340 e. The normalized spacial score (nSPS) is 15.3. The van der Waals surface area contributed by atoms with E-state index in [2.05, 4.69) is 0 Å². The number of halogens is 2. The molecule has 1 aromatic heterocycles. The fourth-order valence-electron chi connectivity index (χ4n) is 5.19. The van der Waals surface area contributed by atoms with Gasteiger partial charge in [-0.25, -0.2) is 13.2 Å². The molecule has 2 heterocycles. The summed E-state index contributed by atoms with van der Waals surface area (Å²) in [4.78, 5) is 28.2. The van der Waals surface area contributed by atoms with Gasteiger partial charge in [-0.15, -0.1) is 0 Å². The van der Waals surface area contributed by atoms with Crippen molar-refractivity contribution in [3.8, 4) is 0 Å². The monoisotopic (exact) mass is 664 g/mol. The van der Waals surface area contributed by atoms with Gasteiger partial charge in [-0.1, -0.05) is 65.7 Å². The maximum Gasteiger partial charge on any atom is 0.340 e. The molecule has 1 aliphatic heterocycles. The summed E-state index contributed by atoms with van der Waals surface area (Å²) in [6.45, 7) is 3.52. The molecule has 0 saturated heterocycles. The molecule has 45 heavy (non-hydrogen) atoms. The minimum Gasteiger partial charge on any atom is -0.465 e. The molecule has 232 valence electrons. The molecule has 5 rings (SSSR count). The van der Waals surface area contributed by atoms with Gasteiger partial charge < -0.3 is 14.1 Å². The zero-order chi connectivity index (χ0) is 32.3. The molecule has 0 radical (unpaired) electrons. The van der Waals surface area contributed by atoms with Crippen LogP contribution in [0.1, 0.15) is 42.5 Å². The Morgan fingerprint density at radius 2 is 1.56 bits per heavy atom. The largest absolute Gasteiger partial charge is 0.465 e. The van der Waals surface area contributed by atoms with Gasteiger partial charge in [0, 0.05) is 22.3 Å². The molecule has 1 aliphatic rings. The summed E-state index contributed by atoms with van der Waals surface area (Å²) < 4.78 is 39.8. The third-order valence-corrected chi connectivity index (χ3v) is 9.84.